The molecule has 0 spiro atoms. The van der Waals surface area contributed by atoms with E-state index >= 15 is 0 Å². The van der Waals surface area contributed by atoms with Gasteiger partial charge in [-0.1, -0.05) is 0 Å². The molecule has 0 radical (unpaired) electrons. The van der Waals surface area contributed by atoms with Gasteiger partial charge < -0.3 is 9.47 Å². The maximum absolute atomic E-state index is 12.5. The standard InChI is InChI=1S/C14H17N5O/c1-18-8-6-16-13(18)14(20)19-7-2-3-11(9-19)12-4-5-15-10-17-12/h4-6,8,10-11H,2-3,7,9H2,1H3/t11-/m0/s1. The summed E-state index contributed by atoms with van der Waals surface area (Å²) in [4.78, 5) is 26.7. The van der Waals surface area contributed by atoms with E-state index in [1.54, 1.807) is 29.5 Å². The van der Waals surface area contributed by atoms with Crippen molar-refractivity contribution in [3.8, 4) is 0 Å². The molecular formula is C14H17N5O. The molecule has 1 aliphatic rings. The molecule has 3 rings (SSSR count). The lowest BCUT2D eigenvalue weighted by molar-refractivity contribution is 0.0690. The van der Waals surface area contributed by atoms with Gasteiger partial charge in [-0.15, -0.1) is 0 Å². The molecule has 104 valence electrons. The van der Waals surface area contributed by atoms with Crippen molar-refractivity contribution in [2.24, 2.45) is 7.05 Å². The molecule has 20 heavy (non-hydrogen) atoms. The minimum absolute atomic E-state index is 0.00347. The first-order valence-electron chi connectivity index (χ1n) is 6.78. The van der Waals surface area contributed by atoms with E-state index in [1.165, 1.54) is 0 Å². The monoisotopic (exact) mass is 271 g/mol. The van der Waals surface area contributed by atoms with Gasteiger partial charge in [0.2, 0.25) is 0 Å². The highest BCUT2D eigenvalue weighted by atomic mass is 16.2. The van der Waals surface area contributed by atoms with Crippen LogP contribution >= 0.6 is 0 Å². The van der Waals surface area contributed by atoms with Gasteiger partial charge in [0.05, 0.1) is 0 Å². The second-order valence-corrected chi connectivity index (χ2v) is 5.09. The number of carbonyl (C=O) groups is 1. The second kappa shape index (κ2) is 5.40. The van der Waals surface area contributed by atoms with Crippen LogP contribution in [0.15, 0.2) is 31.0 Å². The number of carbonyl (C=O) groups excluding carboxylic acids is 1. The quantitative estimate of drug-likeness (QED) is 0.824. The number of amides is 1. The first-order chi connectivity index (χ1) is 9.75. The summed E-state index contributed by atoms with van der Waals surface area (Å²) < 4.78 is 1.76. The molecule has 1 amide bonds. The molecule has 1 fully saturated rings. The molecule has 0 unspecified atom stereocenters. The Balaban J connectivity index is 1.76. The summed E-state index contributed by atoms with van der Waals surface area (Å²) >= 11 is 0. The van der Waals surface area contributed by atoms with Gasteiger partial charge in [0.1, 0.15) is 6.33 Å². The Morgan fingerprint density at radius 1 is 1.35 bits per heavy atom. The zero-order valence-corrected chi connectivity index (χ0v) is 11.4. The van der Waals surface area contributed by atoms with Crippen LogP contribution < -0.4 is 0 Å². The lowest BCUT2D eigenvalue weighted by Crippen LogP contribution is -2.40. The molecule has 0 aromatic carbocycles. The van der Waals surface area contributed by atoms with Crippen LogP contribution in [0.1, 0.15) is 35.1 Å². The van der Waals surface area contributed by atoms with Gasteiger partial charge in [-0.3, -0.25) is 4.79 Å². The van der Waals surface area contributed by atoms with Crippen molar-refractivity contribution in [3.05, 3.63) is 42.5 Å². The van der Waals surface area contributed by atoms with E-state index in [1.807, 2.05) is 18.0 Å². The van der Waals surface area contributed by atoms with Gasteiger partial charge >= 0.3 is 0 Å². The molecule has 3 heterocycles. The van der Waals surface area contributed by atoms with Crippen molar-refractivity contribution < 1.29 is 4.79 Å². The van der Waals surface area contributed by atoms with Crippen molar-refractivity contribution in [1.29, 1.82) is 0 Å². The lowest BCUT2D eigenvalue weighted by atomic mass is 9.94. The van der Waals surface area contributed by atoms with Crippen LogP contribution in [0.4, 0.5) is 0 Å². The molecular weight excluding hydrogens is 254 g/mol. The Kier molecular flexibility index (Phi) is 3.45. The fourth-order valence-electron chi connectivity index (χ4n) is 2.66. The average Bonchev–Trinajstić information content (AvgIpc) is 2.94. The van der Waals surface area contributed by atoms with Gasteiger partial charge in [0.15, 0.2) is 5.82 Å². The zero-order chi connectivity index (χ0) is 13.9. The summed E-state index contributed by atoms with van der Waals surface area (Å²) in [6.07, 6.45) is 8.81. The van der Waals surface area contributed by atoms with Crippen molar-refractivity contribution in [2.75, 3.05) is 13.1 Å². The summed E-state index contributed by atoms with van der Waals surface area (Å²) in [6, 6.07) is 1.93. The minimum atomic E-state index is -0.00347. The zero-order valence-electron chi connectivity index (χ0n) is 11.4. The van der Waals surface area contributed by atoms with Crippen LogP contribution in [-0.2, 0) is 7.05 Å². The Bertz CT molecular complexity index is 595. The van der Waals surface area contributed by atoms with Gasteiger partial charge in [0, 0.05) is 50.3 Å². The van der Waals surface area contributed by atoms with E-state index in [0.717, 1.165) is 25.1 Å². The van der Waals surface area contributed by atoms with Crippen LogP contribution in [0.5, 0.6) is 0 Å². The van der Waals surface area contributed by atoms with Crippen molar-refractivity contribution >= 4 is 5.91 Å². The summed E-state index contributed by atoms with van der Waals surface area (Å²) in [5.41, 5.74) is 1.01. The Labute approximate surface area is 117 Å². The predicted octanol–water partition coefficient (Wildman–Crippen LogP) is 1.23. The number of nitrogens with zero attached hydrogens (tertiary/aromatic N) is 5. The summed E-state index contributed by atoms with van der Waals surface area (Å²) in [7, 11) is 1.84. The lowest BCUT2D eigenvalue weighted by Gasteiger charge is -2.32. The molecule has 0 N–H and O–H groups in total. The number of piperidine rings is 1. The molecule has 2 aromatic rings. The first-order valence-corrected chi connectivity index (χ1v) is 6.78. The summed E-state index contributed by atoms with van der Waals surface area (Å²) in [5, 5.41) is 0. The van der Waals surface area contributed by atoms with E-state index in [0.29, 0.717) is 12.4 Å². The SMILES string of the molecule is Cn1ccnc1C(=O)N1CCC[C@H](c2ccncn2)C1. The molecule has 0 bridgehead atoms. The third-order valence-electron chi connectivity index (χ3n) is 3.74. The number of hydrogen-bond acceptors (Lipinski definition) is 4. The van der Waals surface area contributed by atoms with E-state index in [-0.39, 0.29) is 11.8 Å². The number of imidazole rings is 1. The summed E-state index contributed by atoms with van der Waals surface area (Å²) in [5.74, 6) is 0.778. The molecule has 0 aliphatic carbocycles. The van der Waals surface area contributed by atoms with Crippen LogP contribution in [-0.4, -0.2) is 43.4 Å². The van der Waals surface area contributed by atoms with Crippen LogP contribution in [0, 0.1) is 0 Å². The Morgan fingerprint density at radius 3 is 2.95 bits per heavy atom. The Morgan fingerprint density at radius 2 is 2.25 bits per heavy atom. The van der Waals surface area contributed by atoms with Gasteiger partial charge in [-0.05, 0) is 18.9 Å². The first kappa shape index (κ1) is 12.8. The third kappa shape index (κ3) is 2.41. The number of rotatable bonds is 2. The van der Waals surface area contributed by atoms with E-state index in [4.69, 9.17) is 0 Å². The largest absolute Gasteiger partial charge is 0.335 e. The van der Waals surface area contributed by atoms with E-state index < -0.39 is 0 Å². The van der Waals surface area contributed by atoms with E-state index in [9.17, 15) is 4.79 Å². The smallest absolute Gasteiger partial charge is 0.289 e. The van der Waals surface area contributed by atoms with Crippen LogP contribution in [0.2, 0.25) is 0 Å². The normalized spacial score (nSPS) is 19.1. The van der Waals surface area contributed by atoms with Gasteiger partial charge in [-0.25, -0.2) is 15.0 Å². The van der Waals surface area contributed by atoms with Crippen molar-refractivity contribution in [3.63, 3.8) is 0 Å². The van der Waals surface area contributed by atoms with Crippen molar-refractivity contribution in [2.45, 2.75) is 18.8 Å². The summed E-state index contributed by atoms with van der Waals surface area (Å²) in [6.45, 7) is 1.48. The maximum Gasteiger partial charge on any atom is 0.289 e. The molecule has 1 atom stereocenters. The van der Waals surface area contributed by atoms with Crippen LogP contribution in [0.3, 0.4) is 0 Å². The average molecular weight is 271 g/mol. The molecule has 1 aliphatic heterocycles. The fraction of sp³-hybridized carbons (Fsp3) is 0.429. The molecule has 0 saturated carbocycles. The fourth-order valence-corrected chi connectivity index (χ4v) is 2.66. The number of aromatic nitrogens is 4. The number of hydrogen-bond donors (Lipinski definition) is 0. The molecule has 2 aromatic heterocycles. The number of aryl methyl sites for hydroxylation is 1. The maximum atomic E-state index is 12.5. The van der Waals surface area contributed by atoms with Crippen molar-refractivity contribution in [1.82, 2.24) is 24.4 Å². The second-order valence-electron chi connectivity index (χ2n) is 5.09. The van der Waals surface area contributed by atoms with Gasteiger partial charge in [-0.2, -0.15) is 0 Å². The highest BCUT2D eigenvalue weighted by Crippen LogP contribution is 2.25. The predicted molar refractivity (Wildman–Crippen MR) is 73.1 cm³/mol. The number of likely N-dealkylation sites (tertiary alicyclic amines) is 1. The Hall–Kier alpha value is -2.24. The molecule has 6 nitrogen and oxygen atoms in total. The van der Waals surface area contributed by atoms with E-state index in [2.05, 4.69) is 15.0 Å². The van der Waals surface area contributed by atoms with Crippen LogP contribution in [0.25, 0.3) is 0 Å². The molecule has 6 heteroatoms. The molecule has 1 saturated heterocycles. The highest BCUT2D eigenvalue weighted by molar-refractivity contribution is 5.90. The minimum Gasteiger partial charge on any atom is -0.335 e. The third-order valence-corrected chi connectivity index (χ3v) is 3.74. The highest BCUT2D eigenvalue weighted by Gasteiger charge is 2.27. The topological polar surface area (TPSA) is 63.9 Å². The van der Waals surface area contributed by atoms with Gasteiger partial charge in [0.25, 0.3) is 5.91 Å².